The van der Waals surface area contributed by atoms with Gasteiger partial charge in [-0.25, -0.2) is 0 Å². The molecule has 1 aromatic carbocycles. The van der Waals surface area contributed by atoms with Crippen LogP contribution in [0.5, 0.6) is 5.75 Å². The van der Waals surface area contributed by atoms with Crippen LogP contribution in [0.15, 0.2) is 40.2 Å². The summed E-state index contributed by atoms with van der Waals surface area (Å²) in [5.74, 6) is 1.12. The van der Waals surface area contributed by atoms with Crippen LogP contribution in [-0.2, 0) is 5.88 Å². The summed E-state index contributed by atoms with van der Waals surface area (Å²) >= 11 is 10.6. The Labute approximate surface area is 135 Å². The van der Waals surface area contributed by atoms with Gasteiger partial charge in [-0.2, -0.15) is 0 Å². The summed E-state index contributed by atoms with van der Waals surface area (Å²) in [6.07, 6.45) is 3.35. The number of methoxy groups -OCH3 is 1. The van der Waals surface area contributed by atoms with Crippen molar-refractivity contribution in [2.24, 2.45) is 0 Å². The van der Waals surface area contributed by atoms with Gasteiger partial charge in [0.25, 0.3) is 0 Å². The number of halogens is 2. The van der Waals surface area contributed by atoms with Gasteiger partial charge < -0.3 is 4.74 Å². The van der Waals surface area contributed by atoms with E-state index in [4.69, 9.17) is 16.3 Å². The molecule has 0 fully saturated rings. The Balaban J connectivity index is 2.17. The maximum Gasteiger partial charge on any atom is 0.195 e. The topological polar surface area (TPSA) is 26.3 Å². The second-order valence-electron chi connectivity index (χ2n) is 4.03. The number of benzene rings is 1. The second kappa shape index (κ2) is 7.07. The van der Waals surface area contributed by atoms with Crippen molar-refractivity contribution in [1.29, 1.82) is 0 Å². The van der Waals surface area contributed by atoms with Gasteiger partial charge in [-0.15, -0.1) is 22.9 Å². The molecule has 0 saturated heterocycles. The molecule has 0 aliphatic carbocycles. The lowest BCUT2D eigenvalue weighted by Crippen LogP contribution is -1.91. The quantitative estimate of drug-likeness (QED) is 0.412. The molecule has 0 N–H and O–H groups in total. The lowest BCUT2D eigenvalue weighted by atomic mass is 10.1. The molecule has 0 radical (unpaired) electrons. The molecule has 0 aliphatic heterocycles. The molecule has 1 aromatic heterocycles. The number of thiophene rings is 1. The first-order valence-electron chi connectivity index (χ1n) is 5.83. The molecule has 5 heteroatoms. The van der Waals surface area contributed by atoms with E-state index in [1.165, 1.54) is 11.3 Å². The predicted octanol–water partition coefficient (Wildman–Crippen LogP) is 5.15. The summed E-state index contributed by atoms with van der Waals surface area (Å²) in [5, 5.41) is 1.89. The first-order valence-corrected chi connectivity index (χ1v) is 8.04. The van der Waals surface area contributed by atoms with Crippen LogP contribution in [0.3, 0.4) is 0 Å². The Bertz CT molecular complexity index is 649. The van der Waals surface area contributed by atoms with E-state index in [1.54, 1.807) is 19.3 Å². The van der Waals surface area contributed by atoms with E-state index in [-0.39, 0.29) is 5.78 Å². The van der Waals surface area contributed by atoms with Gasteiger partial charge in [0.1, 0.15) is 5.75 Å². The van der Waals surface area contributed by atoms with Crippen LogP contribution in [0, 0.1) is 0 Å². The number of allylic oxidation sites excluding steroid dienone is 1. The van der Waals surface area contributed by atoms with Crippen molar-refractivity contribution < 1.29 is 9.53 Å². The first-order chi connectivity index (χ1) is 9.63. The summed E-state index contributed by atoms with van der Waals surface area (Å²) in [5.41, 5.74) is 1.83. The lowest BCUT2D eigenvalue weighted by molar-refractivity contribution is 0.105. The number of hydrogen-bond donors (Lipinski definition) is 0. The standard InChI is InChI=1S/C15H12BrClO2S/c1-19-14-5-3-10(6-11(14)8-17)2-4-13(18)15-7-12(16)9-20-15/h2-7,9H,8H2,1H3/b4-2+. The summed E-state index contributed by atoms with van der Waals surface area (Å²) in [6.45, 7) is 0. The minimum atomic E-state index is -0.0102. The first kappa shape index (κ1) is 15.3. The van der Waals surface area contributed by atoms with Gasteiger partial charge in [0.05, 0.1) is 17.9 Å². The van der Waals surface area contributed by atoms with Crippen LogP contribution in [0.4, 0.5) is 0 Å². The fourth-order valence-corrected chi connectivity index (χ4v) is 3.26. The Morgan fingerprint density at radius 3 is 2.85 bits per heavy atom. The molecule has 0 aliphatic rings. The average molecular weight is 372 g/mol. The van der Waals surface area contributed by atoms with E-state index in [0.717, 1.165) is 21.3 Å². The maximum atomic E-state index is 12.0. The van der Waals surface area contributed by atoms with Crippen molar-refractivity contribution in [3.05, 3.63) is 56.2 Å². The molecular formula is C15H12BrClO2S. The number of ether oxygens (including phenoxy) is 1. The van der Waals surface area contributed by atoms with E-state index in [0.29, 0.717) is 10.8 Å². The zero-order valence-corrected chi connectivity index (χ0v) is 13.9. The Morgan fingerprint density at radius 2 is 2.25 bits per heavy atom. The van der Waals surface area contributed by atoms with Gasteiger partial charge >= 0.3 is 0 Å². The third-order valence-electron chi connectivity index (χ3n) is 2.69. The van der Waals surface area contributed by atoms with Crippen LogP contribution in [0.25, 0.3) is 6.08 Å². The normalized spacial score (nSPS) is 10.9. The minimum Gasteiger partial charge on any atom is -0.496 e. The molecule has 104 valence electrons. The fourth-order valence-electron chi connectivity index (χ4n) is 1.70. The molecule has 0 atom stereocenters. The molecular weight excluding hydrogens is 360 g/mol. The number of rotatable bonds is 5. The van der Waals surface area contributed by atoms with Gasteiger partial charge in [0.15, 0.2) is 5.78 Å². The Kier molecular flexibility index (Phi) is 5.40. The number of carbonyl (C=O) groups is 1. The Morgan fingerprint density at radius 1 is 1.45 bits per heavy atom. The fraction of sp³-hybridized carbons (Fsp3) is 0.133. The van der Waals surface area contributed by atoms with Crippen LogP contribution >= 0.6 is 38.9 Å². The van der Waals surface area contributed by atoms with Gasteiger partial charge in [-0.05, 0) is 45.8 Å². The summed E-state index contributed by atoms with van der Waals surface area (Å²) in [7, 11) is 1.61. The average Bonchev–Trinajstić information content (AvgIpc) is 2.91. The SMILES string of the molecule is COc1ccc(/C=C/C(=O)c2cc(Br)cs2)cc1CCl. The predicted molar refractivity (Wildman–Crippen MR) is 87.9 cm³/mol. The summed E-state index contributed by atoms with van der Waals surface area (Å²) in [6, 6.07) is 7.47. The number of ketones is 1. The van der Waals surface area contributed by atoms with Crippen molar-refractivity contribution in [2.45, 2.75) is 5.88 Å². The van der Waals surface area contributed by atoms with E-state index in [1.807, 2.05) is 29.6 Å². The van der Waals surface area contributed by atoms with Crippen molar-refractivity contribution >= 4 is 50.7 Å². The molecule has 0 spiro atoms. The van der Waals surface area contributed by atoms with Gasteiger partial charge in [-0.3, -0.25) is 4.79 Å². The van der Waals surface area contributed by atoms with Crippen molar-refractivity contribution in [3.63, 3.8) is 0 Å². The molecule has 1 heterocycles. The number of hydrogen-bond acceptors (Lipinski definition) is 3. The van der Waals surface area contributed by atoms with Crippen molar-refractivity contribution in [1.82, 2.24) is 0 Å². The van der Waals surface area contributed by atoms with Crippen LogP contribution in [-0.4, -0.2) is 12.9 Å². The minimum absolute atomic E-state index is 0.0102. The number of alkyl halides is 1. The van der Waals surface area contributed by atoms with Crippen molar-refractivity contribution in [3.8, 4) is 5.75 Å². The molecule has 20 heavy (non-hydrogen) atoms. The van der Waals surface area contributed by atoms with Crippen molar-refractivity contribution in [2.75, 3.05) is 7.11 Å². The smallest absolute Gasteiger partial charge is 0.195 e. The molecule has 0 unspecified atom stereocenters. The number of carbonyl (C=O) groups excluding carboxylic acids is 1. The van der Waals surface area contributed by atoms with E-state index < -0.39 is 0 Å². The van der Waals surface area contributed by atoms with Gasteiger partial charge in [0.2, 0.25) is 0 Å². The van der Waals surface area contributed by atoms with Gasteiger partial charge in [0, 0.05) is 15.4 Å². The zero-order valence-electron chi connectivity index (χ0n) is 10.7. The molecule has 0 saturated carbocycles. The van der Waals surface area contributed by atoms with E-state index in [9.17, 15) is 4.79 Å². The van der Waals surface area contributed by atoms with Gasteiger partial charge in [-0.1, -0.05) is 12.1 Å². The van der Waals surface area contributed by atoms with Crippen LogP contribution in [0.1, 0.15) is 20.8 Å². The highest BCUT2D eigenvalue weighted by molar-refractivity contribution is 9.10. The van der Waals surface area contributed by atoms with Crippen LogP contribution < -0.4 is 4.74 Å². The molecule has 2 nitrogen and oxygen atoms in total. The van der Waals surface area contributed by atoms with E-state index >= 15 is 0 Å². The third kappa shape index (κ3) is 3.72. The molecule has 0 bridgehead atoms. The molecule has 2 rings (SSSR count). The van der Waals surface area contributed by atoms with E-state index in [2.05, 4.69) is 15.9 Å². The third-order valence-corrected chi connectivity index (χ3v) is 4.68. The summed E-state index contributed by atoms with van der Waals surface area (Å²) in [4.78, 5) is 12.7. The maximum absolute atomic E-state index is 12.0. The highest BCUT2D eigenvalue weighted by Gasteiger charge is 2.05. The molecule has 2 aromatic rings. The highest BCUT2D eigenvalue weighted by Crippen LogP contribution is 2.23. The molecule has 0 amide bonds. The zero-order chi connectivity index (χ0) is 14.5. The monoisotopic (exact) mass is 370 g/mol. The second-order valence-corrected chi connectivity index (χ2v) is 6.13. The Hall–Kier alpha value is -1.10. The largest absolute Gasteiger partial charge is 0.496 e. The summed E-state index contributed by atoms with van der Waals surface area (Å²) < 4.78 is 6.13. The highest BCUT2D eigenvalue weighted by atomic mass is 79.9. The van der Waals surface area contributed by atoms with Crippen LogP contribution in [0.2, 0.25) is 0 Å². The lowest BCUT2D eigenvalue weighted by Gasteiger charge is -2.06.